The number of carbonyl (C=O) groups is 1. The number of aromatic nitrogens is 1. The summed E-state index contributed by atoms with van der Waals surface area (Å²) in [7, 11) is 0. The minimum absolute atomic E-state index is 0.118. The van der Waals surface area contributed by atoms with Gasteiger partial charge < -0.3 is 5.32 Å². The molecule has 0 aliphatic carbocycles. The highest BCUT2D eigenvalue weighted by molar-refractivity contribution is 9.10. The van der Waals surface area contributed by atoms with Crippen LogP contribution in [0.5, 0.6) is 0 Å². The van der Waals surface area contributed by atoms with E-state index in [1.165, 1.54) is 0 Å². The minimum Gasteiger partial charge on any atom is -0.351 e. The maximum atomic E-state index is 11.7. The van der Waals surface area contributed by atoms with Gasteiger partial charge in [-0.3, -0.25) is 4.79 Å². The zero-order valence-electron chi connectivity index (χ0n) is 9.04. The molecule has 1 aromatic rings. The minimum atomic E-state index is -0.174. The van der Waals surface area contributed by atoms with Crippen LogP contribution in [0.4, 0.5) is 0 Å². The van der Waals surface area contributed by atoms with Gasteiger partial charge in [0.15, 0.2) is 0 Å². The van der Waals surface area contributed by atoms with Crippen molar-refractivity contribution in [2.24, 2.45) is 0 Å². The lowest BCUT2D eigenvalue weighted by molar-refractivity contribution is 0.0947. The van der Waals surface area contributed by atoms with Gasteiger partial charge in [-0.25, -0.2) is 4.98 Å². The molecule has 0 saturated heterocycles. The summed E-state index contributed by atoms with van der Waals surface area (Å²) in [6.07, 6.45) is 3.27. The average Bonchev–Trinajstić information content (AvgIpc) is 2.29. The molecule has 1 aromatic heterocycles. The molecule has 0 fully saturated rings. The van der Waals surface area contributed by atoms with Crippen molar-refractivity contribution in [2.75, 3.05) is 6.54 Å². The summed E-state index contributed by atoms with van der Waals surface area (Å²) in [6.45, 7) is 2.60. The monoisotopic (exact) mass is 304 g/mol. The number of halogens is 2. The van der Waals surface area contributed by atoms with E-state index in [9.17, 15) is 4.79 Å². The third kappa shape index (κ3) is 4.10. The van der Waals surface area contributed by atoms with Crippen molar-refractivity contribution in [1.29, 1.82) is 0 Å². The molecular weight excluding hydrogens is 291 g/mol. The summed E-state index contributed by atoms with van der Waals surface area (Å²) < 4.78 is 0.699. The number of hydrogen-bond donors (Lipinski definition) is 1. The van der Waals surface area contributed by atoms with Crippen molar-refractivity contribution in [3.8, 4) is 0 Å². The molecule has 1 amide bonds. The van der Waals surface area contributed by atoms with Gasteiger partial charge in [0.05, 0.1) is 0 Å². The topological polar surface area (TPSA) is 42.0 Å². The Kier molecular flexibility index (Phi) is 5.77. The van der Waals surface area contributed by atoms with Gasteiger partial charge in [-0.1, -0.05) is 6.92 Å². The lowest BCUT2D eigenvalue weighted by atomic mass is 10.2. The Labute approximate surface area is 109 Å². The van der Waals surface area contributed by atoms with Crippen molar-refractivity contribution in [2.45, 2.75) is 25.1 Å². The van der Waals surface area contributed by atoms with E-state index in [0.717, 1.165) is 12.8 Å². The highest BCUT2D eigenvalue weighted by Gasteiger charge is 2.10. The van der Waals surface area contributed by atoms with Gasteiger partial charge in [0.25, 0.3) is 5.91 Å². The molecule has 16 heavy (non-hydrogen) atoms. The van der Waals surface area contributed by atoms with E-state index in [0.29, 0.717) is 16.7 Å². The first-order chi connectivity index (χ1) is 7.65. The second-order valence-corrected chi connectivity index (χ2v) is 4.86. The smallest absolute Gasteiger partial charge is 0.271 e. The Balaban J connectivity index is 2.44. The number of nitrogens with one attached hydrogen (secondary N) is 1. The Hall–Kier alpha value is -0.610. The zero-order chi connectivity index (χ0) is 12.0. The lowest BCUT2D eigenvalue weighted by Gasteiger charge is -2.08. The predicted octanol–water partition coefficient (Wildman–Crippen LogP) is 2.98. The highest BCUT2D eigenvalue weighted by Crippen LogP contribution is 2.13. The normalized spacial score (nSPS) is 12.2. The van der Waals surface area contributed by atoms with E-state index in [-0.39, 0.29) is 11.3 Å². The maximum absolute atomic E-state index is 11.7. The Bertz CT molecular complexity index is 360. The molecule has 1 rings (SSSR count). The van der Waals surface area contributed by atoms with Crippen LogP contribution in [-0.2, 0) is 0 Å². The second-order valence-electron chi connectivity index (χ2n) is 3.38. The third-order valence-electron chi connectivity index (χ3n) is 2.16. The SMILES string of the molecule is CCC(Cl)CCNC(=O)c1ncccc1Br. The molecule has 0 saturated carbocycles. The van der Waals surface area contributed by atoms with Crippen LogP contribution >= 0.6 is 27.5 Å². The first kappa shape index (κ1) is 13.5. The summed E-state index contributed by atoms with van der Waals surface area (Å²) in [4.78, 5) is 15.7. The van der Waals surface area contributed by atoms with Crippen LogP contribution in [0.3, 0.4) is 0 Å². The molecule has 3 nitrogen and oxygen atoms in total. The Morgan fingerprint density at radius 3 is 3.06 bits per heavy atom. The number of alkyl halides is 1. The zero-order valence-corrected chi connectivity index (χ0v) is 11.4. The summed E-state index contributed by atoms with van der Waals surface area (Å²) in [5.41, 5.74) is 0.408. The average molecular weight is 306 g/mol. The van der Waals surface area contributed by atoms with Crippen LogP contribution in [0.2, 0.25) is 0 Å². The molecule has 5 heteroatoms. The van der Waals surface area contributed by atoms with Crippen LogP contribution in [0, 0.1) is 0 Å². The summed E-state index contributed by atoms with van der Waals surface area (Å²) in [6, 6.07) is 3.56. The van der Waals surface area contributed by atoms with E-state index in [2.05, 4.69) is 26.2 Å². The van der Waals surface area contributed by atoms with Crippen LogP contribution in [0.25, 0.3) is 0 Å². The molecule has 88 valence electrons. The molecular formula is C11H14BrClN2O. The van der Waals surface area contributed by atoms with Gasteiger partial charge >= 0.3 is 0 Å². The van der Waals surface area contributed by atoms with Gasteiger partial charge in [-0.05, 0) is 40.9 Å². The van der Waals surface area contributed by atoms with Gasteiger partial charge in [0.1, 0.15) is 5.69 Å². The maximum Gasteiger partial charge on any atom is 0.271 e. The number of carbonyl (C=O) groups excluding carboxylic acids is 1. The van der Waals surface area contributed by atoms with E-state index in [4.69, 9.17) is 11.6 Å². The second kappa shape index (κ2) is 6.86. The van der Waals surface area contributed by atoms with Crippen molar-refractivity contribution in [3.05, 3.63) is 28.5 Å². The standard InChI is InChI=1S/C11H14BrClN2O/c1-2-8(13)5-7-15-11(16)10-9(12)4-3-6-14-10/h3-4,6,8H,2,5,7H2,1H3,(H,15,16). The largest absolute Gasteiger partial charge is 0.351 e. The first-order valence-corrected chi connectivity index (χ1v) is 6.41. The van der Waals surface area contributed by atoms with E-state index in [1.54, 1.807) is 18.3 Å². The molecule has 1 heterocycles. The van der Waals surface area contributed by atoms with E-state index in [1.807, 2.05) is 6.92 Å². The van der Waals surface area contributed by atoms with E-state index >= 15 is 0 Å². The fraction of sp³-hybridized carbons (Fsp3) is 0.455. The van der Waals surface area contributed by atoms with Crippen LogP contribution in [0.1, 0.15) is 30.3 Å². The number of rotatable bonds is 5. The molecule has 0 aliphatic heterocycles. The Morgan fingerprint density at radius 2 is 2.44 bits per heavy atom. The predicted molar refractivity (Wildman–Crippen MR) is 68.8 cm³/mol. The van der Waals surface area contributed by atoms with Crippen molar-refractivity contribution in [1.82, 2.24) is 10.3 Å². The Morgan fingerprint density at radius 1 is 1.69 bits per heavy atom. The summed E-state index contributed by atoms with van der Waals surface area (Å²) in [5.74, 6) is -0.174. The van der Waals surface area contributed by atoms with Crippen molar-refractivity contribution < 1.29 is 4.79 Å². The van der Waals surface area contributed by atoms with Gasteiger partial charge in [0, 0.05) is 22.6 Å². The van der Waals surface area contributed by atoms with Crippen LogP contribution in [0.15, 0.2) is 22.8 Å². The third-order valence-corrected chi connectivity index (χ3v) is 3.33. The summed E-state index contributed by atoms with van der Waals surface area (Å²) in [5, 5.41) is 2.91. The lowest BCUT2D eigenvalue weighted by Crippen LogP contribution is -2.27. The number of amides is 1. The summed E-state index contributed by atoms with van der Waals surface area (Å²) >= 11 is 9.23. The fourth-order valence-electron chi connectivity index (χ4n) is 1.18. The van der Waals surface area contributed by atoms with Gasteiger partial charge in [-0.2, -0.15) is 0 Å². The number of pyridine rings is 1. The molecule has 0 aromatic carbocycles. The molecule has 0 radical (unpaired) electrons. The number of hydrogen-bond acceptors (Lipinski definition) is 2. The highest BCUT2D eigenvalue weighted by atomic mass is 79.9. The fourth-order valence-corrected chi connectivity index (χ4v) is 1.73. The molecule has 0 bridgehead atoms. The quantitative estimate of drug-likeness (QED) is 0.850. The van der Waals surface area contributed by atoms with Gasteiger partial charge in [-0.15, -0.1) is 11.6 Å². The van der Waals surface area contributed by atoms with Gasteiger partial charge in [0.2, 0.25) is 0 Å². The molecule has 1 atom stereocenters. The first-order valence-electron chi connectivity index (χ1n) is 5.18. The number of nitrogens with zero attached hydrogens (tertiary/aromatic N) is 1. The molecule has 1 unspecified atom stereocenters. The molecule has 0 aliphatic rings. The van der Waals surface area contributed by atoms with E-state index < -0.39 is 0 Å². The van der Waals surface area contributed by atoms with Crippen LogP contribution < -0.4 is 5.32 Å². The van der Waals surface area contributed by atoms with Crippen LogP contribution in [-0.4, -0.2) is 22.8 Å². The van der Waals surface area contributed by atoms with Crippen molar-refractivity contribution >= 4 is 33.4 Å². The molecule has 1 N–H and O–H groups in total. The molecule has 0 spiro atoms. The van der Waals surface area contributed by atoms with Crippen molar-refractivity contribution in [3.63, 3.8) is 0 Å².